The van der Waals surface area contributed by atoms with Crippen LogP contribution in [0.25, 0.3) is 0 Å². The van der Waals surface area contributed by atoms with E-state index in [2.05, 4.69) is 16.4 Å². The SMILES string of the molecule is CC1=C(C)NC(C)(C#N)C=N1. The Labute approximate surface area is 66.4 Å². The quantitative estimate of drug-likeness (QED) is 0.562. The molecule has 1 rings (SSSR count). The minimum Gasteiger partial charge on any atom is -0.365 e. The molecule has 0 aromatic rings. The minimum atomic E-state index is -0.621. The van der Waals surface area contributed by atoms with Gasteiger partial charge in [0.25, 0.3) is 0 Å². The Kier molecular flexibility index (Phi) is 1.69. The van der Waals surface area contributed by atoms with Gasteiger partial charge in [-0.25, -0.2) is 0 Å². The molecule has 0 saturated carbocycles. The molecule has 3 nitrogen and oxygen atoms in total. The summed E-state index contributed by atoms with van der Waals surface area (Å²) in [6.45, 7) is 5.63. The Morgan fingerprint density at radius 3 is 2.73 bits per heavy atom. The second-order valence-electron chi connectivity index (χ2n) is 2.91. The summed E-state index contributed by atoms with van der Waals surface area (Å²) in [5, 5.41) is 11.8. The number of nitriles is 1. The van der Waals surface area contributed by atoms with Crippen molar-refractivity contribution in [1.29, 1.82) is 5.26 Å². The first kappa shape index (κ1) is 7.80. The van der Waals surface area contributed by atoms with Gasteiger partial charge in [-0.05, 0) is 20.8 Å². The smallest absolute Gasteiger partial charge is 0.158 e. The molecule has 58 valence electrons. The Hall–Kier alpha value is -1.30. The van der Waals surface area contributed by atoms with Gasteiger partial charge >= 0.3 is 0 Å². The van der Waals surface area contributed by atoms with Gasteiger partial charge in [-0.1, -0.05) is 0 Å². The molecule has 1 unspecified atom stereocenters. The molecule has 1 atom stereocenters. The fourth-order valence-corrected chi connectivity index (χ4v) is 0.892. The second-order valence-corrected chi connectivity index (χ2v) is 2.91. The third-order valence-corrected chi connectivity index (χ3v) is 1.74. The lowest BCUT2D eigenvalue weighted by Gasteiger charge is -2.24. The fourth-order valence-electron chi connectivity index (χ4n) is 0.892. The largest absolute Gasteiger partial charge is 0.365 e. The van der Waals surface area contributed by atoms with E-state index in [0.29, 0.717) is 0 Å². The molecule has 1 N–H and O–H groups in total. The first-order chi connectivity index (χ1) is 5.07. The van der Waals surface area contributed by atoms with Crippen LogP contribution in [0.1, 0.15) is 20.8 Å². The van der Waals surface area contributed by atoms with Crippen molar-refractivity contribution in [1.82, 2.24) is 5.32 Å². The highest BCUT2D eigenvalue weighted by Gasteiger charge is 2.23. The van der Waals surface area contributed by atoms with Crippen molar-refractivity contribution in [2.75, 3.05) is 0 Å². The van der Waals surface area contributed by atoms with Gasteiger partial charge in [0.05, 0.1) is 11.8 Å². The monoisotopic (exact) mass is 149 g/mol. The number of hydrogen-bond donors (Lipinski definition) is 1. The van der Waals surface area contributed by atoms with E-state index < -0.39 is 5.54 Å². The molecule has 3 heteroatoms. The van der Waals surface area contributed by atoms with Crippen molar-refractivity contribution in [2.45, 2.75) is 26.3 Å². The van der Waals surface area contributed by atoms with Crippen LogP contribution in [0.5, 0.6) is 0 Å². The molecule has 1 aliphatic heterocycles. The number of nitrogens with zero attached hydrogens (tertiary/aromatic N) is 2. The summed E-state index contributed by atoms with van der Waals surface area (Å²) >= 11 is 0. The first-order valence-corrected chi connectivity index (χ1v) is 3.49. The van der Waals surface area contributed by atoms with Crippen LogP contribution in [0.4, 0.5) is 0 Å². The summed E-state index contributed by atoms with van der Waals surface area (Å²) in [5.74, 6) is 0. The number of hydrogen-bond acceptors (Lipinski definition) is 3. The molecule has 1 aliphatic rings. The zero-order valence-corrected chi connectivity index (χ0v) is 6.97. The second kappa shape index (κ2) is 2.39. The summed E-state index contributed by atoms with van der Waals surface area (Å²) in [5.41, 5.74) is 1.29. The van der Waals surface area contributed by atoms with E-state index in [1.165, 1.54) is 0 Å². The Balaban J connectivity index is 2.93. The lowest BCUT2D eigenvalue weighted by Crippen LogP contribution is -2.43. The van der Waals surface area contributed by atoms with Crippen LogP contribution in [0.2, 0.25) is 0 Å². The molecule has 0 spiro atoms. The van der Waals surface area contributed by atoms with Crippen molar-refractivity contribution >= 4 is 6.21 Å². The lowest BCUT2D eigenvalue weighted by atomic mass is 10.0. The highest BCUT2D eigenvalue weighted by Crippen LogP contribution is 2.12. The van der Waals surface area contributed by atoms with Crippen molar-refractivity contribution < 1.29 is 0 Å². The molecule has 0 saturated heterocycles. The van der Waals surface area contributed by atoms with E-state index in [-0.39, 0.29) is 0 Å². The predicted molar refractivity (Wildman–Crippen MR) is 44.0 cm³/mol. The predicted octanol–water partition coefficient (Wildman–Crippen LogP) is 1.19. The lowest BCUT2D eigenvalue weighted by molar-refractivity contribution is 0.631. The zero-order valence-electron chi connectivity index (χ0n) is 6.97. The third kappa shape index (κ3) is 1.40. The fraction of sp³-hybridized carbons (Fsp3) is 0.500. The first-order valence-electron chi connectivity index (χ1n) is 3.49. The van der Waals surface area contributed by atoms with E-state index in [9.17, 15) is 0 Å². The van der Waals surface area contributed by atoms with Crippen LogP contribution in [-0.4, -0.2) is 11.8 Å². The molecule has 0 aliphatic carbocycles. The van der Waals surface area contributed by atoms with Crippen molar-refractivity contribution in [3.05, 3.63) is 11.4 Å². The van der Waals surface area contributed by atoms with E-state index in [1.807, 2.05) is 13.8 Å². The summed E-state index contributed by atoms with van der Waals surface area (Å²) in [6.07, 6.45) is 1.63. The van der Waals surface area contributed by atoms with Crippen LogP contribution >= 0.6 is 0 Å². The van der Waals surface area contributed by atoms with Gasteiger partial charge in [-0.3, -0.25) is 4.99 Å². The molecular weight excluding hydrogens is 138 g/mol. The van der Waals surface area contributed by atoms with Gasteiger partial charge in [0.1, 0.15) is 0 Å². The molecule has 0 bridgehead atoms. The van der Waals surface area contributed by atoms with Crippen LogP contribution in [0, 0.1) is 11.3 Å². The Morgan fingerprint density at radius 1 is 1.64 bits per heavy atom. The molecule has 0 amide bonds. The van der Waals surface area contributed by atoms with Crippen molar-refractivity contribution in [2.24, 2.45) is 4.99 Å². The zero-order chi connectivity index (χ0) is 8.48. The highest BCUT2D eigenvalue weighted by molar-refractivity contribution is 5.76. The van der Waals surface area contributed by atoms with Crippen LogP contribution in [0.15, 0.2) is 16.4 Å². The molecule has 0 aromatic heterocycles. The summed E-state index contributed by atoms with van der Waals surface area (Å²) < 4.78 is 0. The van der Waals surface area contributed by atoms with Gasteiger partial charge in [-0.2, -0.15) is 5.26 Å². The number of nitrogens with one attached hydrogen (secondary N) is 1. The van der Waals surface area contributed by atoms with Crippen LogP contribution in [0.3, 0.4) is 0 Å². The maximum absolute atomic E-state index is 8.73. The van der Waals surface area contributed by atoms with Crippen LogP contribution in [-0.2, 0) is 0 Å². The van der Waals surface area contributed by atoms with Gasteiger partial charge < -0.3 is 5.32 Å². The summed E-state index contributed by atoms with van der Waals surface area (Å²) in [4.78, 5) is 4.10. The Bertz CT molecular complexity index is 270. The standard InChI is InChI=1S/C8H11N3/c1-6-7(2)11-8(3,4-9)5-10-6/h5,11H,1-3H3. The van der Waals surface area contributed by atoms with Crippen molar-refractivity contribution in [3.8, 4) is 6.07 Å². The van der Waals surface area contributed by atoms with Gasteiger partial charge in [0.15, 0.2) is 5.54 Å². The molecule has 0 aromatic carbocycles. The third-order valence-electron chi connectivity index (χ3n) is 1.74. The van der Waals surface area contributed by atoms with E-state index in [4.69, 9.17) is 5.26 Å². The Morgan fingerprint density at radius 2 is 2.27 bits per heavy atom. The maximum Gasteiger partial charge on any atom is 0.158 e. The normalized spacial score (nSPS) is 29.6. The average molecular weight is 149 g/mol. The molecule has 0 fully saturated rings. The van der Waals surface area contributed by atoms with Gasteiger partial charge in [0.2, 0.25) is 0 Å². The van der Waals surface area contributed by atoms with Crippen molar-refractivity contribution in [3.63, 3.8) is 0 Å². The highest BCUT2D eigenvalue weighted by atomic mass is 15.0. The summed E-state index contributed by atoms with van der Waals surface area (Å²) in [6, 6.07) is 2.14. The molecule has 0 radical (unpaired) electrons. The number of allylic oxidation sites excluding steroid dienone is 2. The van der Waals surface area contributed by atoms with E-state index in [0.717, 1.165) is 11.4 Å². The summed E-state index contributed by atoms with van der Waals surface area (Å²) in [7, 11) is 0. The average Bonchev–Trinajstić information content (AvgIpc) is 1.98. The number of aliphatic imine (C=N–C) groups is 1. The maximum atomic E-state index is 8.73. The topological polar surface area (TPSA) is 48.2 Å². The molecule has 1 heterocycles. The van der Waals surface area contributed by atoms with E-state index in [1.54, 1.807) is 13.1 Å². The minimum absolute atomic E-state index is 0.621. The number of rotatable bonds is 0. The molecular formula is C8H11N3. The van der Waals surface area contributed by atoms with E-state index >= 15 is 0 Å². The molecule has 11 heavy (non-hydrogen) atoms. The van der Waals surface area contributed by atoms with Crippen LogP contribution < -0.4 is 5.32 Å². The van der Waals surface area contributed by atoms with Gasteiger partial charge in [-0.15, -0.1) is 0 Å². The van der Waals surface area contributed by atoms with Gasteiger partial charge in [0, 0.05) is 11.9 Å².